The number of guanidine groups is 1. The molecule has 136 valence electrons. The van der Waals surface area contributed by atoms with Crippen molar-refractivity contribution in [1.29, 1.82) is 0 Å². The molecule has 0 fully saturated rings. The fourth-order valence-corrected chi connectivity index (χ4v) is 2.37. The molecular weight excluding hydrogens is 300 g/mol. The van der Waals surface area contributed by atoms with E-state index in [4.69, 9.17) is 4.74 Å². The van der Waals surface area contributed by atoms with Gasteiger partial charge in [-0.2, -0.15) is 0 Å². The first-order valence-corrected chi connectivity index (χ1v) is 8.99. The fourth-order valence-electron chi connectivity index (χ4n) is 2.37. The third-order valence-electron chi connectivity index (χ3n) is 3.70. The van der Waals surface area contributed by atoms with Crippen molar-refractivity contribution in [2.75, 3.05) is 47.4 Å². The maximum atomic E-state index is 5.65. The topological polar surface area (TPSA) is 48.9 Å². The third-order valence-corrected chi connectivity index (χ3v) is 3.70. The van der Waals surface area contributed by atoms with Crippen molar-refractivity contribution in [2.24, 2.45) is 4.99 Å². The van der Waals surface area contributed by atoms with Gasteiger partial charge in [-0.25, -0.2) is 0 Å². The van der Waals surface area contributed by atoms with Gasteiger partial charge in [0.15, 0.2) is 5.96 Å². The first kappa shape index (κ1) is 20.3. The largest absolute Gasteiger partial charge is 0.492 e. The van der Waals surface area contributed by atoms with Gasteiger partial charge in [-0.1, -0.05) is 37.5 Å². The quantitative estimate of drug-likeness (QED) is 0.351. The molecule has 0 spiro atoms. The van der Waals surface area contributed by atoms with Gasteiger partial charge in [0, 0.05) is 13.6 Å². The van der Waals surface area contributed by atoms with Gasteiger partial charge in [0.25, 0.3) is 0 Å². The molecule has 1 aromatic rings. The van der Waals surface area contributed by atoms with E-state index in [1.807, 2.05) is 30.3 Å². The lowest BCUT2D eigenvalue weighted by atomic mass is 10.1. The number of hydrogen-bond donors (Lipinski definition) is 2. The number of ether oxygens (including phenoxy) is 1. The third kappa shape index (κ3) is 10.9. The summed E-state index contributed by atoms with van der Waals surface area (Å²) >= 11 is 0. The normalized spacial score (nSPS) is 11.6. The predicted octanol–water partition coefficient (Wildman–Crippen LogP) is 2.74. The summed E-state index contributed by atoms with van der Waals surface area (Å²) in [4.78, 5) is 6.48. The lowest BCUT2D eigenvalue weighted by Crippen LogP contribution is -2.39. The first-order chi connectivity index (χ1) is 11.7. The van der Waals surface area contributed by atoms with E-state index in [1.165, 1.54) is 38.6 Å². The van der Waals surface area contributed by atoms with Crippen molar-refractivity contribution in [3.8, 4) is 5.75 Å². The van der Waals surface area contributed by atoms with E-state index >= 15 is 0 Å². The molecule has 2 N–H and O–H groups in total. The molecule has 5 heteroatoms. The molecule has 0 saturated heterocycles. The maximum Gasteiger partial charge on any atom is 0.191 e. The lowest BCUT2D eigenvalue weighted by Gasteiger charge is -2.12. The molecule has 0 unspecified atom stereocenters. The minimum absolute atomic E-state index is 0.622. The zero-order valence-corrected chi connectivity index (χ0v) is 15.6. The van der Waals surface area contributed by atoms with Crippen LogP contribution in [0, 0.1) is 0 Å². The number of nitrogens with one attached hydrogen (secondary N) is 2. The predicted molar refractivity (Wildman–Crippen MR) is 103 cm³/mol. The van der Waals surface area contributed by atoms with Gasteiger partial charge >= 0.3 is 0 Å². The molecule has 0 saturated carbocycles. The van der Waals surface area contributed by atoms with Crippen LogP contribution in [0.5, 0.6) is 5.75 Å². The minimum Gasteiger partial charge on any atom is -0.492 e. The van der Waals surface area contributed by atoms with Crippen molar-refractivity contribution < 1.29 is 4.74 Å². The van der Waals surface area contributed by atoms with Crippen LogP contribution >= 0.6 is 0 Å². The molecular formula is C19H34N4O. The van der Waals surface area contributed by atoms with Crippen LogP contribution in [0.15, 0.2) is 35.3 Å². The number of unbranched alkanes of at least 4 members (excludes halogenated alkanes) is 4. The summed E-state index contributed by atoms with van der Waals surface area (Å²) in [7, 11) is 6.06. The van der Waals surface area contributed by atoms with Gasteiger partial charge < -0.3 is 20.3 Å². The van der Waals surface area contributed by atoms with Crippen molar-refractivity contribution in [3.63, 3.8) is 0 Å². The molecule has 0 atom stereocenters. The second kappa shape index (κ2) is 13.7. The number of para-hydroxylation sites is 1. The molecule has 0 amide bonds. The Bertz CT molecular complexity index is 434. The second-order valence-electron chi connectivity index (χ2n) is 6.16. The van der Waals surface area contributed by atoms with Crippen molar-refractivity contribution in [3.05, 3.63) is 30.3 Å². The highest BCUT2D eigenvalue weighted by Gasteiger charge is 1.98. The van der Waals surface area contributed by atoms with Crippen molar-refractivity contribution in [1.82, 2.24) is 15.5 Å². The highest BCUT2D eigenvalue weighted by molar-refractivity contribution is 5.79. The molecule has 0 heterocycles. The van der Waals surface area contributed by atoms with E-state index in [0.29, 0.717) is 6.61 Å². The molecule has 0 radical (unpaired) electrons. The molecule has 0 aliphatic rings. The van der Waals surface area contributed by atoms with Gasteiger partial charge in [0.1, 0.15) is 12.4 Å². The summed E-state index contributed by atoms with van der Waals surface area (Å²) in [6.07, 6.45) is 6.39. The number of rotatable bonds is 12. The molecule has 5 nitrogen and oxygen atoms in total. The molecule has 0 aliphatic carbocycles. The van der Waals surface area contributed by atoms with E-state index in [2.05, 4.69) is 34.6 Å². The Labute approximate surface area is 147 Å². The number of aliphatic imine (C=N–C) groups is 1. The van der Waals surface area contributed by atoms with E-state index in [9.17, 15) is 0 Å². The molecule has 1 rings (SSSR count). The Morgan fingerprint density at radius 1 is 0.958 bits per heavy atom. The molecule has 1 aromatic carbocycles. The van der Waals surface area contributed by atoms with Crippen LogP contribution in [0.2, 0.25) is 0 Å². The Hall–Kier alpha value is -1.75. The number of nitrogens with zero attached hydrogens (tertiary/aromatic N) is 2. The standard InChI is InChI=1S/C19H34N4O/c1-20-19(21-14-10-5-4-6-11-16-23(2)3)22-15-17-24-18-12-8-7-9-13-18/h7-9,12-13H,4-6,10-11,14-17H2,1-3H3,(H2,20,21,22). The van der Waals surface area contributed by atoms with Crippen LogP contribution in [0.25, 0.3) is 0 Å². The summed E-state index contributed by atoms with van der Waals surface area (Å²) in [5.41, 5.74) is 0. The SMILES string of the molecule is CN=C(NCCCCCCCN(C)C)NCCOc1ccccc1. The van der Waals surface area contributed by atoms with Crippen LogP contribution in [-0.2, 0) is 0 Å². The van der Waals surface area contributed by atoms with Crippen molar-refractivity contribution >= 4 is 5.96 Å². The first-order valence-electron chi connectivity index (χ1n) is 8.99. The van der Waals surface area contributed by atoms with Crippen molar-refractivity contribution in [2.45, 2.75) is 32.1 Å². The molecule has 24 heavy (non-hydrogen) atoms. The minimum atomic E-state index is 0.622. The zero-order valence-electron chi connectivity index (χ0n) is 15.6. The van der Waals surface area contributed by atoms with Gasteiger partial charge in [0.2, 0.25) is 0 Å². The Balaban J connectivity index is 1.97. The zero-order chi connectivity index (χ0) is 17.5. The van der Waals surface area contributed by atoms with Gasteiger partial charge in [-0.3, -0.25) is 4.99 Å². The van der Waals surface area contributed by atoms with Crippen LogP contribution in [0.4, 0.5) is 0 Å². The van der Waals surface area contributed by atoms with Crippen LogP contribution in [0.1, 0.15) is 32.1 Å². The maximum absolute atomic E-state index is 5.65. The smallest absolute Gasteiger partial charge is 0.191 e. The molecule has 0 aromatic heterocycles. The highest BCUT2D eigenvalue weighted by Crippen LogP contribution is 2.07. The van der Waals surface area contributed by atoms with E-state index in [1.54, 1.807) is 7.05 Å². The Morgan fingerprint density at radius 2 is 1.62 bits per heavy atom. The fraction of sp³-hybridized carbons (Fsp3) is 0.632. The summed E-state index contributed by atoms with van der Waals surface area (Å²) < 4.78 is 5.65. The highest BCUT2D eigenvalue weighted by atomic mass is 16.5. The summed E-state index contributed by atoms with van der Waals surface area (Å²) in [5, 5.41) is 6.62. The summed E-state index contributed by atoms with van der Waals surface area (Å²) in [6, 6.07) is 9.86. The van der Waals surface area contributed by atoms with Gasteiger partial charge in [-0.15, -0.1) is 0 Å². The average molecular weight is 335 g/mol. The van der Waals surface area contributed by atoms with Crippen LogP contribution in [0.3, 0.4) is 0 Å². The second-order valence-corrected chi connectivity index (χ2v) is 6.16. The monoisotopic (exact) mass is 334 g/mol. The number of benzene rings is 1. The molecule has 0 bridgehead atoms. The van der Waals surface area contributed by atoms with Gasteiger partial charge in [-0.05, 0) is 45.6 Å². The summed E-state index contributed by atoms with van der Waals surface area (Å²) in [5.74, 6) is 1.75. The Kier molecular flexibility index (Phi) is 11.6. The van der Waals surface area contributed by atoms with Crippen LogP contribution < -0.4 is 15.4 Å². The molecule has 0 aliphatic heterocycles. The average Bonchev–Trinajstić information content (AvgIpc) is 2.59. The van der Waals surface area contributed by atoms with E-state index < -0.39 is 0 Å². The van der Waals surface area contributed by atoms with E-state index in [-0.39, 0.29) is 0 Å². The van der Waals surface area contributed by atoms with Crippen LogP contribution in [-0.4, -0.2) is 58.2 Å². The number of hydrogen-bond acceptors (Lipinski definition) is 3. The summed E-state index contributed by atoms with van der Waals surface area (Å²) in [6.45, 7) is 3.52. The van der Waals surface area contributed by atoms with Gasteiger partial charge in [0.05, 0.1) is 6.54 Å². The Morgan fingerprint density at radius 3 is 2.33 bits per heavy atom. The van der Waals surface area contributed by atoms with E-state index in [0.717, 1.165) is 24.8 Å². The lowest BCUT2D eigenvalue weighted by molar-refractivity contribution is 0.322.